The molecule has 2 aromatic carbocycles. The number of carbonyl (C=O) groups is 6. The summed E-state index contributed by atoms with van der Waals surface area (Å²) in [6, 6.07) is 14.9. The maximum Gasteiger partial charge on any atom is 0.352 e. The number of amides is 3. The van der Waals surface area contributed by atoms with E-state index >= 15 is 0 Å². The fraction of sp³-hybridized carbons (Fsp3) is 0.333. The van der Waals surface area contributed by atoms with Gasteiger partial charge in [-0.05, 0) is 37.1 Å². The Morgan fingerprint density at radius 3 is 2.13 bits per heavy atom. The van der Waals surface area contributed by atoms with E-state index in [9.17, 15) is 39.0 Å². The van der Waals surface area contributed by atoms with Gasteiger partial charge in [0.25, 0.3) is 11.8 Å². The zero-order chi connectivity index (χ0) is 32.3. The van der Waals surface area contributed by atoms with Crippen molar-refractivity contribution in [3.8, 4) is 11.5 Å². The summed E-state index contributed by atoms with van der Waals surface area (Å²) < 4.78 is 15.8. The third-order valence-electron chi connectivity index (χ3n) is 6.72. The van der Waals surface area contributed by atoms with Crippen molar-refractivity contribution in [3.05, 3.63) is 71.9 Å². The number of thioether (sulfide) groups is 1. The molecule has 1 fully saturated rings. The summed E-state index contributed by atoms with van der Waals surface area (Å²) >= 11 is 1.21. The van der Waals surface area contributed by atoms with Crippen molar-refractivity contribution in [1.82, 2.24) is 15.5 Å². The van der Waals surface area contributed by atoms with Crippen LogP contribution in [0.1, 0.15) is 19.3 Å². The number of para-hydroxylation sites is 2. The molecule has 2 aromatic rings. The number of fused-ring (bicyclic) bond motifs is 1. The normalized spacial score (nSPS) is 17.7. The average molecular weight is 642 g/mol. The number of nitrogens with one attached hydrogen (secondary N) is 2. The SMILES string of the molecule is O=C(CCC[C@@H](NC(=O)COc1ccccc1)C(=O)O)N[C@@H]1C(=O)N2C(C(=O)O)=C(COC(=O)COc3ccccc3)CS[C@H]12. The Bertz CT molecular complexity index is 1450. The van der Waals surface area contributed by atoms with Gasteiger partial charge in [0.1, 0.15) is 41.3 Å². The summed E-state index contributed by atoms with van der Waals surface area (Å²) in [4.78, 5) is 74.4. The van der Waals surface area contributed by atoms with Crippen molar-refractivity contribution in [2.75, 3.05) is 25.6 Å². The van der Waals surface area contributed by atoms with Crippen LogP contribution in [-0.2, 0) is 33.5 Å². The molecule has 0 unspecified atom stereocenters. The summed E-state index contributed by atoms with van der Waals surface area (Å²) in [5, 5.41) is 23.5. The Labute approximate surface area is 261 Å². The Balaban J connectivity index is 1.22. The molecule has 0 bridgehead atoms. The molecule has 3 amide bonds. The molecule has 2 aliphatic heterocycles. The van der Waals surface area contributed by atoms with Crippen molar-refractivity contribution in [3.63, 3.8) is 0 Å². The van der Waals surface area contributed by atoms with Crippen molar-refractivity contribution >= 4 is 47.4 Å². The lowest BCUT2D eigenvalue weighted by molar-refractivity contribution is -0.151. The van der Waals surface area contributed by atoms with E-state index < -0.39 is 53.1 Å². The molecule has 2 aliphatic rings. The van der Waals surface area contributed by atoms with Crippen LogP contribution < -0.4 is 20.1 Å². The highest BCUT2D eigenvalue weighted by Gasteiger charge is 2.54. The van der Waals surface area contributed by atoms with Crippen LogP contribution in [0.3, 0.4) is 0 Å². The number of hydrogen-bond acceptors (Lipinski definition) is 10. The number of carboxylic acid groups (broad SMARTS) is 2. The second kappa shape index (κ2) is 15.6. The lowest BCUT2D eigenvalue weighted by Crippen LogP contribution is -2.70. The molecule has 0 aliphatic carbocycles. The number of aliphatic carboxylic acids is 2. The quantitative estimate of drug-likeness (QED) is 0.151. The second-order valence-electron chi connectivity index (χ2n) is 9.93. The number of rotatable bonds is 16. The maximum atomic E-state index is 12.9. The Kier molecular flexibility index (Phi) is 11.4. The monoisotopic (exact) mass is 641 g/mol. The third-order valence-corrected chi connectivity index (χ3v) is 8.06. The minimum Gasteiger partial charge on any atom is -0.484 e. The first kappa shape index (κ1) is 32.9. The van der Waals surface area contributed by atoms with Gasteiger partial charge < -0.3 is 35.1 Å². The highest BCUT2D eigenvalue weighted by atomic mass is 32.2. The molecule has 0 radical (unpaired) electrons. The zero-order valence-electron chi connectivity index (χ0n) is 23.9. The van der Waals surface area contributed by atoms with E-state index in [4.69, 9.17) is 14.2 Å². The average Bonchev–Trinajstić information content (AvgIpc) is 3.04. The highest BCUT2D eigenvalue weighted by Crippen LogP contribution is 2.40. The molecule has 238 valence electrons. The first-order chi connectivity index (χ1) is 21.6. The number of β-lactam (4-membered cyclic amide) rings is 1. The molecule has 2 heterocycles. The van der Waals surface area contributed by atoms with Crippen molar-refractivity contribution < 1.29 is 53.2 Å². The number of esters is 1. The van der Waals surface area contributed by atoms with E-state index in [1.165, 1.54) is 11.8 Å². The van der Waals surface area contributed by atoms with Gasteiger partial charge in [0.2, 0.25) is 5.91 Å². The van der Waals surface area contributed by atoms with E-state index in [1.807, 2.05) is 0 Å². The van der Waals surface area contributed by atoms with Gasteiger partial charge >= 0.3 is 17.9 Å². The number of carbonyl (C=O) groups excluding carboxylic acids is 4. The summed E-state index contributed by atoms with van der Waals surface area (Å²) in [7, 11) is 0. The van der Waals surface area contributed by atoms with E-state index in [1.54, 1.807) is 60.7 Å². The van der Waals surface area contributed by atoms with Crippen LogP contribution in [0.25, 0.3) is 0 Å². The first-order valence-electron chi connectivity index (χ1n) is 13.9. The van der Waals surface area contributed by atoms with E-state index in [0.717, 1.165) is 4.90 Å². The van der Waals surface area contributed by atoms with Crippen molar-refractivity contribution in [2.45, 2.75) is 36.7 Å². The maximum absolute atomic E-state index is 12.9. The standard InChI is InChI=1S/C30H31N3O11S/c34-22(13-7-12-21(29(38)39)31-23(35)15-42-19-8-3-1-4-9-19)32-25-27(37)33-26(30(40)41)18(17-45-28(25)33)14-44-24(36)16-43-20-10-5-2-6-11-20/h1-6,8-11,21,25,28H,7,12-17H2,(H,31,35)(H,32,34)(H,38,39)(H,40,41)/t21-,25-,28-/m1/s1. The topological polar surface area (TPSA) is 198 Å². The van der Waals surface area contributed by atoms with Crippen LogP contribution in [0.5, 0.6) is 11.5 Å². The van der Waals surface area contributed by atoms with Crippen LogP contribution in [0.4, 0.5) is 0 Å². The molecule has 0 saturated carbocycles. The van der Waals surface area contributed by atoms with E-state index in [-0.39, 0.29) is 56.1 Å². The molecule has 0 spiro atoms. The Morgan fingerprint density at radius 1 is 0.911 bits per heavy atom. The Morgan fingerprint density at radius 2 is 1.53 bits per heavy atom. The van der Waals surface area contributed by atoms with E-state index in [0.29, 0.717) is 11.5 Å². The van der Waals surface area contributed by atoms with Crippen molar-refractivity contribution in [2.24, 2.45) is 0 Å². The zero-order valence-corrected chi connectivity index (χ0v) is 24.7. The lowest BCUT2D eigenvalue weighted by atomic mass is 10.0. The lowest BCUT2D eigenvalue weighted by Gasteiger charge is -2.49. The van der Waals surface area contributed by atoms with Gasteiger partial charge in [0.05, 0.1) is 0 Å². The molecule has 4 N–H and O–H groups in total. The van der Waals surface area contributed by atoms with Gasteiger partial charge in [-0.1, -0.05) is 36.4 Å². The molecular weight excluding hydrogens is 610 g/mol. The highest BCUT2D eigenvalue weighted by molar-refractivity contribution is 8.00. The summed E-state index contributed by atoms with van der Waals surface area (Å²) in [5.41, 5.74) is -0.0758. The number of carboxylic acids is 2. The van der Waals surface area contributed by atoms with Crippen LogP contribution in [-0.4, -0.2) is 93.8 Å². The number of nitrogens with zero attached hydrogens (tertiary/aromatic N) is 1. The predicted molar refractivity (Wildman–Crippen MR) is 158 cm³/mol. The largest absolute Gasteiger partial charge is 0.484 e. The first-order valence-corrected chi connectivity index (χ1v) is 14.9. The molecule has 4 rings (SSSR count). The molecule has 3 atom stereocenters. The number of hydrogen-bond donors (Lipinski definition) is 4. The molecule has 15 heteroatoms. The Hall–Kier alpha value is -5.05. The van der Waals surface area contributed by atoms with Gasteiger partial charge in [0.15, 0.2) is 13.2 Å². The minimum atomic E-state index is -1.37. The molecule has 0 aromatic heterocycles. The molecule has 14 nitrogen and oxygen atoms in total. The van der Waals surface area contributed by atoms with Gasteiger partial charge in [-0.15, -0.1) is 11.8 Å². The minimum absolute atomic E-state index is 0.0485. The number of benzene rings is 2. The molecule has 45 heavy (non-hydrogen) atoms. The fourth-order valence-corrected chi connectivity index (χ4v) is 5.86. The van der Waals surface area contributed by atoms with Crippen LogP contribution in [0.15, 0.2) is 71.9 Å². The van der Waals surface area contributed by atoms with Gasteiger partial charge in [-0.3, -0.25) is 19.3 Å². The van der Waals surface area contributed by atoms with Crippen LogP contribution in [0.2, 0.25) is 0 Å². The van der Waals surface area contributed by atoms with Crippen LogP contribution >= 0.6 is 11.8 Å². The van der Waals surface area contributed by atoms with Gasteiger partial charge in [-0.2, -0.15) is 0 Å². The smallest absolute Gasteiger partial charge is 0.352 e. The van der Waals surface area contributed by atoms with Gasteiger partial charge in [0, 0.05) is 17.7 Å². The number of ether oxygens (including phenoxy) is 3. The second-order valence-corrected chi connectivity index (χ2v) is 11.0. The fourth-order valence-electron chi connectivity index (χ4n) is 4.53. The predicted octanol–water partition coefficient (Wildman–Crippen LogP) is 1.17. The van der Waals surface area contributed by atoms with Crippen molar-refractivity contribution in [1.29, 1.82) is 0 Å². The summed E-state index contributed by atoms with van der Waals surface area (Å²) in [6.45, 7) is -1.11. The summed E-state index contributed by atoms with van der Waals surface area (Å²) in [5.74, 6) is -4.11. The summed E-state index contributed by atoms with van der Waals surface area (Å²) in [6.07, 6.45) is -0.0861. The van der Waals surface area contributed by atoms with E-state index in [2.05, 4.69) is 10.6 Å². The van der Waals surface area contributed by atoms with Crippen LogP contribution in [0, 0.1) is 0 Å². The third kappa shape index (κ3) is 8.98. The molecular formula is C30H31N3O11S. The molecule has 1 saturated heterocycles. The van der Waals surface area contributed by atoms with Gasteiger partial charge in [-0.25, -0.2) is 14.4 Å².